The van der Waals surface area contributed by atoms with E-state index in [0.717, 1.165) is 16.8 Å². The maximum absolute atomic E-state index is 14.9. The molecule has 9 heteroatoms. The highest BCUT2D eigenvalue weighted by Gasteiger charge is 2.60. The van der Waals surface area contributed by atoms with Crippen molar-refractivity contribution in [3.05, 3.63) is 93.2 Å². The van der Waals surface area contributed by atoms with Crippen molar-refractivity contribution < 1.29 is 9.53 Å². The average molecular weight is 623 g/mol. The summed E-state index contributed by atoms with van der Waals surface area (Å²) in [6.07, 6.45) is 1.81. The third-order valence-corrected chi connectivity index (χ3v) is 9.26. The van der Waals surface area contributed by atoms with Crippen LogP contribution in [0.1, 0.15) is 70.9 Å². The number of piperazine rings is 1. The summed E-state index contributed by atoms with van der Waals surface area (Å²) in [4.78, 5) is 29.0. The van der Waals surface area contributed by atoms with Gasteiger partial charge >= 0.3 is 6.03 Å². The first-order valence-corrected chi connectivity index (χ1v) is 15.6. The number of aliphatic imine (C=N–C) groups is 1. The molecule has 0 bridgehead atoms. The number of nitrogens with zero attached hydrogens (tertiary/aromatic N) is 4. The van der Waals surface area contributed by atoms with Crippen molar-refractivity contribution in [1.82, 2.24) is 20.1 Å². The molecule has 5 rings (SSSR count). The van der Waals surface area contributed by atoms with Crippen LogP contribution in [0.4, 0.5) is 4.79 Å². The highest BCUT2D eigenvalue weighted by atomic mass is 35.5. The molecule has 3 aromatic rings. The fourth-order valence-electron chi connectivity index (χ4n) is 6.10. The van der Waals surface area contributed by atoms with Gasteiger partial charge in [0.1, 0.15) is 22.7 Å². The first kappa shape index (κ1) is 31.3. The quantitative estimate of drug-likeness (QED) is 0.322. The number of amidine groups is 1. The molecule has 0 aliphatic carbocycles. The molecule has 1 fully saturated rings. The van der Waals surface area contributed by atoms with E-state index in [1.807, 2.05) is 71.3 Å². The van der Waals surface area contributed by atoms with E-state index < -0.39 is 11.1 Å². The van der Waals surface area contributed by atoms with Gasteiger partial charge in [0.2, 0.25) is 0 Å². The minimum absolute atomic E-state index is 0.121. The van der Waals surface area contributed by atoms with Crippen LogP contribution in [0.2, 0.25) is 10.0 Å². The summed E-state index contributed by atoms with van der Waals surface area (Å²) < 4.78 is 6.24. The smallest absolute Gasteiger partial charge is 0.326 e. The fourth-order valence-corrected chi connectivity index (χ4v) is 6.36. The minimum Gasteiger partial charge on any atom is -0.493 e. The number of ether oxygens (including phenoxy) is 1. The summed E-state index contributed by atoms with van der Waals surface area (Å²) in [5, 5.41) is 4.70. The summed E-state index contributed by atoms with van der Waals surface area (Å²) in [6.45, 7) is 16.9. The van der Waals surface area contributed by atoms with Crippen LogP contribution < -0.4 is 10.1 Å². The third kappa shape index (κ3) is 5.63. The normalized spacial score (nSPS) is 24.2. The summed E-state index contributed by atoms with van der Waals surface area (Å²) in [5.74, 6) is 1.16. The van der Waals surface area contributed by atoms with E-state index in [0.29, 0.717) is 53.4 Å². The second-order valence-electron chi connectivity index (χ2n) is 12.8. The largest absolute Gasteiger partial charge is 0.493 e. The van der Waals surface area contributed by atoms with E-state index in [-0.39, 0.29) is 17.5 Å². The second-order valence-corrected chi connectivity index (χ2v) is 13.6. The molecule has 3 heterocycles. The monoisotopic (exact) mass is 621 g/mol. The summed E-state index contributed by atoms with van der Waals surface area (Å²) in [6, 6.07) is 17.4. The Morgan fingerprint density at radius 1 is 1.05 bits per heavy atom. The van der Waals surface area contributed by atoms with E-state index in [4.69, 9.17) is 37.9 Å². The number of carbonyl (C=O) groups is 1. The molecule has 0 spiro atoms. The number of amides is 2. The maximum atomic E-state index is 14.9. The molecule has 2 aliphatic heterocycles. The van der Waals surface area contributed by atoms with Gasteiger partial charge < -0.3 is 15.0 Å². The highest BCUT2D eigenvalue weighted by molar-refractivity contribution is 6.30. The third-order valence-electron chi connectivity index (χ3n) is 8.75. The van der Waals surface area contributed by atoms with Crippen molar-refractivity contribution in [3.63, 3.8) is 0 Å². The number of hydrogen-bond donors (Lipinski definition) is 1. The van der Waals surface area contributed by atoms with Crippen molar-refractivity contribution in [2.24, 2.45) is 4.99 Å². The van der Waals surface area contributed by atoms with E-state index in [1.165, 1.54) is 0 Å². The molecule has 1 aromatic heterocycles. The van der Waals surface area contributed by atoms with Crippen molar-refractivity contribution in [2.75, 3.05) is 26.2 Å². The van der Waals surface area contributed by atoms with Gasteiger partial charge in [-0.25, -0.2) is 4.79 Å². The predicted molar refractivity (Wildman–Crippen MR) is 175 cm³/mol. The summed E-state index contributed by atoms with van der Waals surface area (Å²) in [7, 11) is 0. The summed E-state index contributed by atoms with van der Waals surface area (Å²) >= 11 is 12.7. The molecule has 43 heavy (non-hydrogen) atoms. The molecule has 0 radical (unpaired) electrons. The standard InChI is InChI=1S/C34H41Cl2N5O2/c1-8-43-28-19-29(32(3,4)5)38-20-27(28)30-39-33(6,23-9-13-25(35)14-10-23)34(7,24-11-15-26(36)16-12-24)41(30)31(42)40-18-17-37-22(2)21-40/h9-16,19-20,22,37H,8,17-18,21H2,1-7H3/t22-,33+,34-/m1/s1. The lowest BCUT2D eigenvalue weighted by Crippen LogP contribution is -2.61. The molecule has 0 saturated carbocycles. The van der Waals surface area contributed by atoms with Crippen LogP contribution in [0.3, 0.4) is 0 Å². The zero-order valence-electron chi connectivity index (χ0n) is 26.0. The van der Waals surface area contributed by atoms with Crippen molar-refractivity contribution in [1.29, 1.82) is 0 Å². The molecule has 1 saturated heterocycles. The van der Waals surface area contributed by atoms with Crippen molar-refractivity contribution >= 4 is 35.1 Å². The van der Waals surface area contributed by atoms with E-state index >= 15 is 0 Å². The average Bonchev–Trinajstić information content (AvgIpc) is 3.21. The van der Waals surface area contributed by atoms with Gasteiger partial charge in [-0.15, -0.1) is 0 Å². The maximum Gasteiger partial charge on any atom is 0.326 e. The molecular formula is C34H41Cl2N5O2. The fraction of sp³-hybridized carbons (Fsp3) is 0.441. The lowest BCUT2D eigenvalue weighted by atomic mass is 9.71. The Balaban J connectivity index is 1.80. The van der Waals surface area contributed by atoms with Crippen LogP contribution in [-0.2, 0) is 16.5 Å². The molecule has 2 aliphatic rings. The topological polar surface area (TPSA) is 70.1 Å². The van der Waals surface area contributed by atoms with E-state index in [1.54, 1.807) is 6.20 Å². The highest BCUT2D eigenvalue weighted by Crippen LogP contribution is 2.54. The van der Waals surface area contributed by atoms with Crippen LogP contribution in [0.25, 0.3) is 0 Å². The lowest BCUT2D eigenvalue weighted by molar-refractivity contribution is 0.0999. The first-order valence-electron chi connectivity index (χ1n) is 14.9. The Hall–Kier alpha value is -3.13. The number of benzene rings is 2. The number of aromatic nitrogens is 1. The molecule has 2 aromatic carbocycles. The van der Waals surface area contributed by atoms with Gasteiger partial charge in [0.15, 0.2) is 0 Å². The Labute approximate surface area is 265 Å². The van der Waals surface area contributed by atoms with E-state index in [9.17, 15) is 4.79 Å². The van der Waals surface area contributed by atoms with Crippen molar-refractivity contribution in [2.45, 2.75) is 71.0 Å². The number of rotatable bonds is 5. The summed E-state index contributed by atoms with van der Waals surface area (Å²) in [5.41, 5.74) is 1.33. The number of urea groups is 1. The SMILES string of the molecule is CCOc1cc(C(C)(C)C)ncc1C1=N[C@@](C)(c2ccc(Cl)cc2)[C@@](C)(c2ccc(Cl)cc2)N1C(=O)N1CCN[C@H](C)C1. The Morgan fingerprint density at radius 2 is 1.65 bits per heavy atom. The van der Waals surface area contributed by atoms with Crippen LogP contribution in [0.15, 0.2) is 65.8 Å². The number of hydrogen-bond acceptors (Lipinski definition) is 5. The van der Waals surface area contributed by atoms with Gasteiger partial charge in [0, 0.05) is 59.1 Å². The number of nitrogens with one attached hydrogen (secondary N) is 1. The Bertz CT molecular complexity index is 1520. The zero-order valence-corrected chi connectivity index (χ0v) is 27.6. The predicted octanol–water partition coefficient (Wildman–Crippen LogP) is 7.39. The van der Waals surface area contributed by atoms with Crippen molar-refractivity contribution in [3.8, 4) is 5.75 Å². The van der Waals surface area contributed by atoms with E-state index in [2.05, 4.69) is 46.9 Å². The first-order chi connectivity index (χ1) is 20.3. The zero-order chi connectivity index (χ0) is 31.2. The number of carbonyl (C=O) groups excluding carboxylic acids is 1. The van der Waals surface area contributed by atoms with Gasteiger partial charge in [-0.2, -0.15) is 0 Å². The molecule has 2 amide bonds. The second kappa shape index (κ2) is 11.8. The molecule has 228 valence electrons. The van der Waals surface area contributed by atoms with Gasteiger partial charge in [-0.05, 0) is 63.1 Å². The minimum atomic E-state index is -0.960. The molecule has 0 unspecified atom stereocenters. The number of pyridine rings is 1. The van der Waals surface area contributed by atoms with Crippen LogP contribution in [-0.4, -0.2) is 58.9 Å². The van der Waals surface area contributed by atoms with Gasteiger partial charge in [-0.1, -0.05) is 68.2 Å². The number of halogens is 2. The van der Waals surface area contributed by atoms with Crippen LogP contribution in [0, 0.1) is 0 Å². The molecular weight excluding hydrogens is 581 g/mol. The molecule has 1 N–H and O–H groups in total. The lowest BCUT2D eigenvalue weighted by Gasteiger charge is -2.47. The van der Waals surface area contributed by atoms with Gasteiger partial charge in [0.25, 0.3) is 0 Å². The van der Waals surface area contributed by atoms with Crippen LogP contribution >= 0.6 is 23.2 Å². The molecule has 3 atom stereocenters. The Kier molecular flexibility index (Phi) is 8.55. The van der Waals surface area contributed by atoms with Gasteiger partial charge in [0.05, 0.1) is 12.2 Å². The molecule has 7 nitrogen and oxygen atoms in total. The van der Waals surface area contributed by atoms with Gasteiger partial charge in [-0.3, -0.25) is 14.9 Å². The van der Waals surface area contributed by atoms with Crippen LogP contribution in [0.5, 0.6) is 5.75 Å². The Morgan fingerprint density at radius 3 is 2.21 bits per heavy atom.